The fourth-order valence-corrected chi connectivity index (χ4v) is 1.96. The zero-order valence-corrected chi connectivity index (χ0v) is 7.95. The zero-order chi connectivity index (χ0) is 8.16. The molecule has 0 aromatic heterocycles. The first-order valence-corrected chi connectivity index (χ1v) is 5.08. The molecule has 11 heavy (non-hydrogen) atoms. The molecule has 0 atom stereocenters. The molecule has 1 heteroatoms. The lowest BCUT2D eigenvalue weighted by molar-refractivity contribution is 0.215. The quantitative estimate of drug-likeness (QED) is 0.567. The zero-order valence-electron chi connectivity index (χ0n) is 7.95. The summed E-state index contributed by atoms with van der Waals surface area (Å²) in [5, 5.41) is 3.52. The summed E-state index contributed by atoms with van der Waals surface area (Å²) in [4.78, 5) is 0. The summed E-state index contributed by atoms with van der Waals surface area (Å²) >= 11 is 0. The molecule has 0 aromatic rings. The molecule has 2 aliphatic rings. The fourth-order valence-electron chi connectivity index (χ4n) is 1.96. The largest absolute Gasteiger partial charge is 0.311 e. The Morgan fingerprint density at radius 2 is 1.55 bits per heavy atom. The van der Waals surface area contributed by atoms with Gasteiger partial charge in [-0.15, -0.1) is 0 Å². The van der Waals surface area contributed by atoms with Crippen molar-refractivity contribution in [1.82, 2.24) is 5.32 Å². The van der Waals surface area contributed by atoms with Gasteiger partial charge in [-0.3, -0.25) is 0 Å². The maximum Gasteiger partial charge on any atom is 0.0193 e. The van der Waals surface area contributed by atoms with Gasteiger partial charge in [0, 0.05) is 5.54 Å². The van der Waals surface area contributed by atoms with Crippen LogP contribution in [0.25, 0.3) is 0 Å². The Hall–Kier alpha value is -0.0400. The number of hydrogen-bond acceptors (Lipinski definition) is 1. The normalized spacial score (nSPS) is 25.6. The van der Waals surface area contributed by atoms with Gasteiger partial charge in [-0.2, -0.15) is 0 Å². The van der Waals surface area contributed by atoms with E-state index in [1.165, 1.54) is 45.1 Å². The van der Waals surface area contributed by atoms with Gasteiger partial charge in [0.2, 0.25) is 0 Å². The highest BCUT2D eigenvalue weighted by atomic mass is 15.0. The second-order valence-electron chi connectivity index (χ2n) is 3.87. The lowest BCUT2D eigenvalue weighted by Crippen LogP contribution is -2.54. The molecule has 2 rings (SSSR count). The molecule has 0 radical (unpaired) electrons. The monoisotopic (exact) mass is 155 g/mol. The summed E-state index contributed by atoms with van der Waals surface area (Å²) in [5.74, 6) is 0. The van der Waals surface area contributed by atoms with E-state index in [2.05, 4.69) is 19.2 Å². The van der Waals surface area contributed by atoms with E-state index in [1.54, 1.807) is 0 Å². The molecule has 1 heterocycles. The molecule has 0 aromatic carbocycles. The molecule has 1 saturated carbocycles. The predicted octanol–water partition coefficient (Wildman–Crippen LogP) is 2.71. The van der Waals surface area contributed by atoms with Gasteiger partial charge in [-0.05, 0) is 25.8 Å². The molecule has 0 bridgehead atoms. The van der Waals surface area contributed by atoms with Crippen LogP contribution in [0.2, 0.25) is 0 Å². The minimum absolute atomic E-state index is 0.667. The highest BCUT2D eigenvalue weighted by Crippen LogP contribution is 2.36. The Balaban J connectivity index is 0.000000179. The maximum atomic E-state index is 3.52. The standard InChI is InChI=1S/C7H13N.C3H8/c1-2-4-7(3-1)5-6-8-7;1-3-2/h8H,1-6H2;3H2,1-2H3. The molecular formula is C10H21N. The van der Waals surface area contributed by atoms with Gasteiger partial charge >= 0.3 is 0 Å². The first kappa shape index (κ1) is 9.05. The summed E-state index contributed by atoms with van der Waals surface area (Å²) in [7, 11) is 0. The topological polar surface area (TPSA) is 12.0 Å². The first-order chi connectivity index (χ1) is 5.33. The van der Waals surface area contributed by atoms with Gasteiger partial charge < -0.3 is 5.32 Å². The van der Waals surface area contributed by atoms with Crippen LogP contribution in [0, 0.1) is 0 Å². The summed E-state index contributed by atoms with van der Waals surface area (Å²) < 4.78 is 0. The molecule has 2 fully saturated rings. The average Bonchev–Trinajstić information content (AvgIpc) is 2.34. The lowest BCUT2D eigenvalue weighted by atomic mass is 9.86. The number of rotatable bonds is 0. The number of nitrogens with one attached hydrogen (secondary N) is 1. The summed E-state index contributed by atoms with van der Waals surface area (Å²) in [6.45, 7) is 5.53. The predicted molar refractivity (Wildman–Crippen MR) is 49.8 cm³/mol. The summed E-state index contributed by atoms with van der Waals surface area (Å²) in [6, 6.07) is 0. The van der Waals surface area contributed by atoms with E-state index in [4.69, 9.17) is 0 Å². The van der Waals surface area contributed by atoms with Crippen molar-refractivity contribution >= 4 is 0 Å². The van der Waals surface area contributed by atoms with Crippen LogP contribution < -0.4 is 5.32 Å². The highest BCUT2D eigenvalue weighted by Gasteiger charge is 2.38. The molecule has 0 amide bonds. The van der Waals surface area contributed by atoms with E-state index in [9.17, 15) is 0 Å². The van der Waals surface area contributed by atoms with Crippen molar-refractivity contribution in [2.24, 2.45) is 0 Å². The third-order valence-electron chi connectivity index (χ3n) is 2.66. The van der Waals surface area contributed by atoms with E-state index in [-0.39, 0.29) is 0 Å². The van der Waals surface area contributed by atoms with Crippen LogP contribution in [0.3, 0.4) is 0 Å². The smallest absolute Gasteiger partial charge is 0.0193 e. The second-order valence-corrected chi connectivity index (χ2v) is 3.87. The molecule has 66 valence electrons. The van der Waals surface area contributed by atoms with Crippen molar-refractivity contribution in [1.29, 1.82) is 0 Å². The van der Waals surface area contributed by atoms with Crippen LogP contribution in [-0.4, -0.2) is 12.1 Å². The lowest BCUT2D eigenvalue weighted by Gasteiger charge is -2.39. The third kappa shape index (κ3) is 2.19. The SMILES string of the molecule is C1CCC2(C1)CCN2.CCC. The molecular weight excluding hydrogens is 134 g/mol. The molecule has 0 unspecified atom stereocenters. The van der Waals surface area contributed by atoms with Gasteiger partial charge in [0.1, 0.15) is 0 Å². The minimum Gasteiger partial charge on any atom is -0.311 e. The van der Waals surface area contributed by atoms with Crippen molar-refractivity contribution in [2.45, 2.75) is 57.9 Å². The van der Waals surface area contributed by atoms with Gasteiger partial charge in [-0.25, -0.2) is 0 Å². The molecule has 1 aliphatic heterocycles. The van der Waals surface area contributed by atoms with Crippen LogP contribution in [0.1, 0.15) is 52.4 Å². The first-order valence-electron chi connectivity index (χ1n) is 5.08. The second kappa shape index (κ2) is 4.10. The van der Waals surface area contributed by atoms with Gasteiger partial charge in [0.25, 0.3) is 0 Å². The molecule has 1 N–H and O–H groups in total. The Morgan fingerprint density at radius 1 is 1.09 bits per heavy atom. The van der Waals surface area contributed by atoms with E-state index in [1.807, 2.05) is 0 Å². The van der Waals surface area contributed by atoms with E-state index >= 15 is 0 Å². The Bertz CT molecular complexity index is 97.4. The maximum absolute atomic E-state index is 3.52. The highest BCUT2D eigenvalue weighted by molar-refractivity contribution is 4.99. The molecule has 1 spiro atoms. The molecule has 1 saturated heterocycles. The molecule has 1 nitrogen and oxygen atoms in total. The van der Waals surface area contributed by atoms with Crippen molar-refractivity contribution in [3.05, 3.63) is 0 Å². The average molecular weight is 155 g/mol. The van der Waals surface area contributed by atoms with Crippen molar-refractivity contribution in [3.8, 4) is 0 Å². The third-order valence-corrected chi connectivity index (χ3v) is 2.66. The van der Waals surface area contributed by atoms with Crippen molar-refractivity contribution in [3.63, 3.8) is 0 Å². The number of hydrogen-bond donors (Lipinski definition) is 1. The van der Waals surface area contributed by atoms with Gasteiger partial charge in [0.15, 0.2) is 0 Å². The van der Waals surface area contributed by atoms with Gasteiger partial charge in [-0.1, -0.05) is 33.1 Å². The summed E-state index contributed by atoms with van der Waals surface area (Å²) in [6.07, 6.45) is 8.53. The minimum atomic E-state index is 0.667. The van der Waals surface area contributed by atoms with E-state index < -0.39 is 0 Å². The van der Waals surface area contributed by atoms with Crippen molar-refractivity contribution < 1.29 is 0 Å². The van der Waals surface area contributed by atoms with Gasteiger partial charge in [0.05, 0.1) is 0 Å². The van der Waals surface area contributed by atoms with Crippen LogP contribution >= 0.6 is 0 Å². The van der Waals surface area contributed by atoms with E-state index in [0.29, 0.717) is 5.54 Å². The Morgan fingerprint density at radius 3 is 1.73 bits per heavy atom. The fraction of sp³-hybridized carbons (Fsp3) is 1.00. The van der Waals surface area contributed by atoms with Crippen LogP contribution in [0.4, 0.5) is 0 Å². The Labute approximate surface area is 70.6 Å². The molecule has 1 aliphatic carbocycles. The van der Waals surface area contributed by atoms with Crippen LogP contribution in [0.5, 0.6) is 0 Å². The van der Waals surface area contributed by atoms with E-state index in [0.717, 1.165) is 0 Å². The Kier molecular flexibility index (Phi) is 3.38. The van der Waals surface area contributed by atoms with Crippen LogP contribution in [-0.2, 0) is 0 Å². The van der Waals surface area contributed by atoms with Crippen molar-refractivity contribution in [2.75, 3.05) is 6.54 Å². The van der Waals surface area contributed by atoms with Crippen LogP contribution in [0.15, 0.2) is 0 Å². The summed E-state index contributed by atoms with van der Waals surface area (Å²) in [5.41, 5.74) is 0.667.